The molecule has 0 aromatic rings. The molecule has 2 N–H and O–H groups in total. The van der Waals surface area contributed by atoms with E-state index in [2.05, 4.69) is 26.1 Å². The molecule has 2 atom stereocenters. The van der Waals surface area contributed by atoms with Gasteiger partial charge in [0.05, 0.1) is 0 Å². The molecule has 0 aliphatic heterocycles. The summed E-state index contributed by atoms with van der Waals surface area (Å²) >= 11 is 0. The first kappa shape index (κ1) is 14.5. The molecule has 0 heterocycles. The van der Waals surface area contributed by atoms with Gasteiger partial charge >= 0.3 is 0 Å². The van der Waals surface area contributed by atoms with Gasteiger partial charge in [0.15, 0.2) is 0 Å². The van der Waals surface area contributed by atoms with Gasteiger partial charge in [-0.3, -0.25) is 4.79 Å². The maximum absolute atomic E-state index is 11.7. The normalized spacial score (nSPS) is 24.9. The summed E-state index contributed by atoms with van der Waals surface area (Å²) in [6.07, 6.45) is 4.98. The van der Waals surface area contributed by atoms with E-state index >= 15 is 0 Å². The third kappa shape index (κ3) is 5.53. The number of carbonyl (C=O) groups is 1. The summed E-state index contributed by atoms with van der Waals surface area (Å²) in [5.41, 5.74) is 0.221. The Labute approximate surface area is 105 Å². The molecule has 100 valence electrons. The number of rotatable bonds is 5. The zero-order chi connectivity index (χ0) is 12.9. The second-order valence-corrected chi connectivity index (χ2v) is 6.50. The lowest BCUT2D eigenvalue weighted by Crippen LogP contribution is -2.32. The summed E-state index contributed by atoms with van der Waals surface area (Å²) < 4.78 is 0. The third-order valence-electron chi connectivity index (χ3n) is 3.71. The first-order valence-electron chi connectivity index (χ1n) is 6.80. The largest absolute Gasteiger partial charge is 0.396 e. The van der Waals surface area contributed by atoms with Crippen LogP contribution in [-0.4, -0.2) is 24.2 Å². The van der Waals surface area contributed by atoms with Gasteiger partial charge in [-0.15, -0.1) is 0 Å². The summed E-state index contributed by atoms with van der Waals surface area (Å²) in [6, 6.07) is 0. The van der Waals surface area contributed by atoms with Gasteiger partial charge in [-0.25, -0.2) is 0 Å². The molecule has 1 amide bonds. The number of amides is 1. The van der Waals surface area contributed by atoms with E-state index in [1.807, 2.05) is 0 Å². The van der Waals surface area contributed by atoms with Crippen LogP contribution in [0.3, 0.4) is 0 Å². The van der Waals surface area contributed by atoms with E-state index in [0.717, 1.165) is 25.8 Å². The zero-order valence-corrected chi connectivity index (χ0v) is 11.5. The summed E-state index contributed by atoms with van der Waals surface area (Å²) in [5.74, 6) is 1.04. The Morgan fingerprint density at radius 2 is 1.94 bits per heavy atom. The molecule has 0 aromatic heterocycles. The smallest absolute Gasteiger partial charge is 0.220 e. The summed E-state index contributed by atoms with van der Waals surface area (Å²) in [4.78, 5) is 11.7. The molecule has 0 aromatic carbocycles. The summed E-state index contributed by atoms with van der Waals surface area (Å²) in [6.45, 7) is 7.47. The fraction of sp³-hybridized carbons (Fsp3) is 0.929. The van der Waals surface area contributed by atoms with Crippen LogP contribution in [0.4, 0.5) is 0 Å². The van der Waals surface area contributed by atoms with E-state index in [1.165, 1.54) is 6.42 Å². The van der Waals surface area contributed by atoms with Crippen molar-refractivity contribution in [2.24, 2.45) is 17.3 Å². The van der Waals surface area contributed by atoms with E-state index in [0.29, 0.717) is 18.3 Å². The Hall–Kier alpha value is -0.570. The molecular weight excluding hydrogens is 214 g/mol. The van der Waals surface area contributed by atoms with Crippen molar-refractivity contribution < 1.29 is 9.90 Å². The highest BCUT2D eigenvalue weighted by atomic mass is 16.3. The molecule has 0 saturated heterocycles. The molecule has 3 heteroatoms. The van der Waals surface area contributed by atoms with Crippen LogP contribution < -0.4 is 5.32 Å². The quantitative estimate of drug-likeness (QED) is 0.776. The van der Waals surface area contributed by atoms with E-state index in [-0.39, 0.29) is 17.9 Å². The number of hydrogen-bond acceptors (Lipinski definition) is 2. The Morgan fingerprint density at radius 1 is 1.29 bits per heavy atom. The van der Waals surface area contributed by atoms with Gasteiger partial charge in [0, 0.05) is 19.6 Å². The van der Waals surface area contributed by atoms with Crippen LogP contribution >= 0.6 is 0 Å². The van der Waals surface area contributed by atoms with Gasteiger partial charge in [-0.2, -0.15) is 0 Å². The molecule has 1 fully saturated rings. The van der Waals surface area contributed by atoms with E-state index in [1.54, 1.807) is 0 Å². The average molecular weight is 241 g/mol. The van der Waals surface area contributed by atoms with E-state index in [4.69, 9.17) is 0 Å². The maximum Gasteiger partial charge on any atom is 0.220 e. The highest BCUT2D eigenvalue weighted by molar-refractivity contribution is 5.75. The van der Waals surface area contributed by atoms with Crippen LogP contribution in [0.1, 0.15) is 52.9 Å². The third-order valence-corrected chi connectivity index (χ3v) is 3.71. The van der Waals surface area contributed by atoms with Crippen molar-refractivity contribution in [3.05, 3.63) is 0 Å². The number of nitrogens with one attached hydrogen (secondary N) is 1. The van der Waals surface area contributed by atoms with Crippen molar-refractivity contribution in [3.63, 3.8) is 0 Å². The number of aliphatic hydroxyl groups is 1. The lowest BCUT2D eigenvalue weighted by molar-refractivity contribution is -0.121. The molecule has 1 saturated carbocycles. The lowest BCUT2D eigenvalue weighted by Gasteiger charge is -2.20. The Morgan fingerprint density at radius 3 is 2.53 bits per heavy atom. The van der Waals surface area contributed by atoms with Crippen molar-refractivity contribution in [1.82, 2.24) is 5.32 Å². The molecule has 3 nitrogen and oxygen atoms in total. The van der Waals surface area contributed by atoms with Crippen molar-refractivity contribution in [1.29, 1.82) is 0 Å². The fourth-order valence-electron chi connectivity index (χ4n) is 2.44. The maximum atomic E-state index is 11.7. The number of hydrogen-bond donors (Lipinski definition) is 2. The zero-order valence-electron chi connectivity index (χ0n) is 11.5. The van der Waals surface area contributed by atoms with Gasteiger partial charge in [0.25, 0.3) is 0 Å². The molecule has 0 bridgehead atoms. The Bertz CT molecular complexity index is 245. The van der Waals surface area contributed by atoms with Crippen LogP contribution in [0, 0.1) is 17.3 Å². The van der Waals surface area contributed by atoms with Crippen molar-refractivity contribution >= 4 is 5.91 Å². The molecule has 1 aliphatic rings. The predicted molar refractivity (Wildman–Crippen MR) is 69.6 cm³/mol. The van der Waals surface area contributed by atoms with Crippen LogP contribution in [0.25, 0.3) is 0 Å². The van der Waals surface area contributed by atoms with Gasteiger partial charge in [-0.1, -0.05) is 27.2 Å². The topological polar surface area (TPSA) is 49.3 Å². The first-order valence-corrected chi connectivity index (χ1v) is 6.80. The highest BCUT2D eigenvalue weighted by Gasteiger charge is 2.26. The fourth-order valence-corrected chi connectivity index (χ4v) is 2.44. The SMILES string of the molecule is CC(C)(C)CCC(=O)NCC1CCCC1CO. The van der Waals surface area contributed by atoms with Crippen LogP contribution in [0.15, 0.2) is 0 Å². The minimum Gasteiger partial charge on any atom is -0.396 e. The summed E-state index contributed by atoms with van der Waals surface area (Å²) in [7, 11) is 0. The Kier molecular flexibility index (Phi) is 5.44. The molecule has 1 aliphatic carbocycles. The molecule has 17 heavy (non-hydrogen) atoms. The van der Waals surface area contributed by atoms with Crippen molar-refractivity contribution in [2.45, 2.75) is 52.9 Å². The minimum atomic E-state index is 0.156. The van der Waals surface area contributed by atoms with Crippen LogP contribution in [0.5, 0.6) is 0 Å². The average Bonchev–Trinajstić information content (AvgIpc) is 2.69. The second-order valence-electron chi connectivity index (χ2n) is 6.50. The highest BCUT2D eigenvalue weighted by Crippen LogP contribution is 2.30. The summed E-state index contributed by atoms with van der Waals surface area (Å²) in [5, 5.41) is 12.2. The van der Waals surface area contributed by atoms with Gasteiger partial charge in [0.1, 0.15) is 0 Å². The molecule has 1 rings (SSSR count). The predicted octanol–water partition coefficient (Wildman–Crippen LogP) is 2.34. The van der Waals surface area contributed by atoms with Crippen LogP contribution in [0.2, 0.25) is 0 Å². The number of aliphatic hydroxyl groups excluding tert-OH is 1. The van der Waals surface area contributed by atoms with Crippen molar-refractivity contribution in [2.75, 3.05) is 13.2 Å². The monoisotopic (exact) mass is 241 g/mol. The molecular formula is C14H27NO2. The Balaban J connectivity index is 2.19. The molecule has 2 unspecified atom stereocenters. The van der Waals surface area contributed by atoms with Crippen LogP contribution in [-0.2, 0) is 4.79 Å². The first-order chi connectivity index (χ1) is 7.92. The van der Waals surface area contributed by atoms with Gasteiger partial charge in [0.2, 0.25) is 5.91 Å². The second kappa shape index (κ2) is 6.39. The molecule has 0 spiro atoms. The lowest BCUT2D eigenvalue weighted by atomic mass is 9.90. The number of carbonyl (C=O) groups excluding carboxylic acids is 1. The van der Waals surface area contributed by atoms with E-state index < -0.39 is 0 Å². The van der Waals surface area contributed by atoms with Gasteiger partial charge in [-0.05, 0) is 36.5 Å². The van der Waals surface area contributed by atoms with Crippen molar-refractivity contribution in [3.8, 4) is 0 Å². The minimum absolute atomic E-state index is 0.156. The van der Waals surface area contributed by atoms with E-state index in [9.17, 15) is 9.90 Å². The van der Waals surface area contributed by atoms with Gasteiger partial charge < -0.3 is 10.4 Å². The molecule has 0 radical (unpaired) electrons. The standard InChI is InChI=1S/C14H27NO2/c1-14(2,3)8-7-13(17)15-9-11-5-4-6-12(11)10-16/h11-12,16H,4-10H2,1-3H3,(H,15,17).